The van der Waals surface area contributed by atoms with E-state index in [9.17, 15) is 4.39 Å². The van der Waals surface area contributed by atoms with Crippen molar-refractivity contribution in [1.82, 2.24) is 0 Å². The van der Waals surface area contributed by atoms with E-state index >= 15 is 0 Å². The summed E-state index contributed by atoms with van der Waals surface area (Å²) in [4.78, 5) is 0. The van der Waals surface area contributed by atoms with Crippen molar-refractivity contribution in [3.8, 4) is 5.75 Å². The smallest absolute Gasteiger partial charge is 0.164 e. The Morgan fingerprint density at radius 1 is 1.42 bits per heavy atom. The Bertz CT molecular complexity index is 273. The van der Waals surface area contributed by atoms with Gasteiger partial charge in [-0.3, -0.25) is 0 Å². The second kappa shape index (κ2) is 3.43. The Morgan fingerprint density at radius 2 is 2.08 bits per heavy atom. The summed E-state index contributed by atoms with van der Waals surface area (Å²) in [6.07, 6.45) is 0. The van der Waals surface area contributed by atoms with Crippen molar-refractivity contribution >= 4 is 5.69 Å². The van der Waals surface area contributed by atoms with Gasteiger partial charge in [-0.1, -0.05) is 0 Å². The molecule has 1 rings (SSSR count). The zero-order valence-corrected chi connectivity index (χ0v) is 7.13. The lowest BCUT2D eigenvalue weighted by atomic mass is 10.2. The first-order chi connectivity index (χ1) is 5.59. The highest BCUT2D eigenvalue weighted by Gasteiger charge is 2.01. The monoisotopic (exact) mass is 169 g/mol. The van der Waals surface area contributed by atoms with Gasteiger partial charge in [-0.15, -0.1) is 0 Å². The predicted molar refractivity (Wildman–Crippen MR) is 46.8 cm³/mol. The predicted octanol–water partition coefficient (Wildman–Crippen LogP) is 2.35. The van der Waals surface area contributed by atoms with Gasteiger partial charge in [-0.05, 0) is 26.0 Å². The minimum Gasteiger partial charge on any atom is -0.505 e. The van der Waals surface area contributed by atoms with Crippen LogP contribution in [0.4, 0.5) is 10.1 Å². The average Bonchev–Trinajstić information content (AvgIpc) is 1.96. The van der Waals surface area contributed by atoms with Crippen LogP contribution >= 0.6 is 0 Å². The highest BCUT2D eigenvalue weighted by molar-refractivity contribution is 5.48. The van der Waals surface area contributed by atoms with Crippen molar-refractivity contribution in [3.05, 3.63) is 24.0 Å². The normalized spacial score (nSPS) is 10.3. The van der Waals surface area contributed by atoms with E-state index < -0.39 is 5.82 Å². The van der Waals surface area contributed by atoms with Crippen molar-refractivity contribution < 1.29 is 9.50 Å². The molecule has 0 spiro atoms. The fraction of sp³-hybridized carbons (Fsp3) is 0.333. The summed E-state index contributed by atoms with van der Waals surface area (Å²) in [6, 6.07) is 4.47. The minimum absolute atomic E-state index is 0.273. The highest BCUT2D eigenvalue weighted by Crippen LogP contribution is 2.20. The van der Waals surface area contributed by atoms with Gasteiger partial charge in [0.25, 0.3) is 0 Å². The Hall–Kier alpha value is -1.25. The van der Waals surface area contributed by atoms with Gasteiger partial charge in [0.2, 0.25) is 0 Å². The van der Waals surface area contributed by atoms with Crippen molar-refractivity contribution in [2.45, 2.75) is 19.9 Å². The molecule has 0 amide bonds. The molecule has 1 aromatic rings. The van der Waals surface area contributed by atoms with Gasteiger partial charge in [0.15, 0.2) is 11.6 Å². The molecule has 66 valence electrons. The van der Waals surface area contributed by atoms with Gasteiger partial charge in [-0.25, -0.2) is 4.39 Å². The maximum Gasteiger partial charge on any atom is 0.164 e. The first-order valence-electron chi connectivity index (χ1n) is 3.84. The zero-order chi connectivity index (χ0) is 9.14. The van der Waals surface area contributed by atoms with Crippen LogP contribution in [-0.4, -0.2) is 11.1 Å². The van der Waals surface area contributed by atoms with Crippen LogP contribution in [0.5, 0.6) is 5.75 Å². The Morgan fingerprint density at radius 3 is 2.58 bits per heavy atom. The fourth-order valence-corrected chi connectivity index (χ4v) is 0.936. The second-order valence-corrected chi connectivity index (χ2v) is 2.97. The lowest BCUT2D eigenvalue weighted by Crippen LogP contribution is -2.09. The van der Waals surface area contributed by atoms with E-state index in [2.05, 4.69) is 5.32 Å². The summed E-state index contributed by atoms with van der Waals surface area (Å²) in [6.45, 7) is 3.95. The van der Waals surface area contributed by atoms with Crippen molar-refractivity contribution in [3.63, 3.8) is 0 Å². The molecule has 2 nitrogen and oxygen atoms in total. The largest absolute Gasteiger partial charge is 0.505 e. The summed E-state index contributed by atoms with van der Waals surface area (Å²) in [7, 11) is 0. The molecule has 0 aliphatic carbocycles. The van der Waals surface area contributed by atoms with Crippen molar-refractivity contribution in [2.24, 2.45) is 0 Å². The second-order valence-electron chi connectivity index (χ2n) is 2.97. The van der Waals surface area contributed by atoms with E-state index in [0.717, 1.165) is 5.69 Å². The fourth-order valence-electron chi connectivity index (χ4n) is 0.936. The molecule has 3 heteroatoms. The Labute approximate surface area is 71.0 Å². The lowest BCUT2D eigenvalue weighted by Gasteiger charge is -2.09. The van der Waals surface area contributed by atoms with Gasteiger partial charge in [0.1, 0.15) is 0 Å². The first-order valence-corrected chi connectivity index (χ1v) is 3.84. The maximum atomic E-state index is 12.6. The molecule has 12 heavy (non-hydrogen) atoms. The van der Waals surface area contributed by atoms with Gasteiger partial charge in [0, 0.05) is 17.8 Å². The molecule has 0 fully saturated rings. The summed E-state index contributed by atoms with van der Waals surface area (Å²) >= 11 is 0. The number of benzene rings is 1. The number of anilines is 1. The topological polar surface area (TPSA) is 32.3 Å². The number of rotatable bonds is 2. The van der Waals surface area contributed by atoms with E-state index in [1.807, 2.05) is 13.8 Å². The summed E-state index contributed by atoms with van der Waals surface area (Å²) in [5, 5.41) is 12.0. The van der Waals surface area contributed by atoms with Gasteiger partial charge >= 0.3 is 0 Å². The standard InChI is InChI=1S/C9H12FNO/c1-6(2)11-7-3-4-8(10)9(12)5-7/h3-6,11-12H,1-2H3. The zero-order valence-electron chi connectivity index (χ0n) is 7.13. The maximum absolute atomic E-state index is 12.6. The van der Waals surface area contributed by atoms with E-state index in [-0.39, 0.29) is 11.8 Å². The molecule has 0 aliphatic rings. The summed E-state index contributed by atoms with van der Waals surface area (Å²) in [5.74, 6) is -0.912. The average molecular weight is 169 g/mol. The molecule has 1 aromatic carbocycles. The van der Waals surface area contributed by atoms with Crippen LogP contribution in [0.15, 0.2) is 18.2 Å². The third-order valence-electron chi connectivity index (χ3n) is 1.40. The molecule has 0 heterocycles. The van der Waals surface area contributed by atoms with Crippen LogP contribution in [-0.2, 0) is 0 Å². The molecular weight excluding hydrogens is 157 g/mol. The number of halogens is 1. The molecule has 0 bridgehead atoms. The summed E-state index contributed by atoms with van der Waals surface area (Å²) in [5.41, 5.74) is 0.726. The first kappa shape index (κ1) is 8.84. The molecule has 0 saturated carbocycles. The minimum atomic E-state index is -0.593. The van der Waals surface area contributed by atoms with Crippen LogP contribution in [0.3, 0.4) is 0 Å². The Kier molecular flexibility index (Phi) is 2.53. The van der Waals surface area contributed by atoms with Crippen LogP contribution < -0.4 is 5.32 Å². The van der Waals surface area contributed by atoms with Crippen LogP contribution in [0, 0.1) is 5.82 Å². The molecule has 2 N–H and O–H groups in total. The van der Waals surface area contributed by atoms with E-state index in [4.69, 9.17) is 5.11 Å². The third-order valence-corrected chi connectivity index (χ3v) is 1.40. The highest BCUT2D eigenvalue weighted by atomic mass is 19.1. The van der Waals surface area contributed by atoms with E-state index in [1.165, 1.54) is 12.1 Å². The van der Waals surface area contributed by atoms with E-state index in [1.54, 1.807) is 6.07 Å². The molecule has 0 radical (unpaired) electrons. The quantitative estimate of drug-likeness (QED) is 0.712. The third kappa shape index (κ3) is 2.12. The number of hydrogen-bond acceptors (Lipinski definition) is 2. The number of hydrogen-bond donors (Lipinski definition) is 2. The van der Waals surface area contributed by atoms with Gasteiger partial charge in [-0.2, -0.15) is 0 Å². The molecule has 0 atom stereocenters. The molecular formula is C9H12FNO. The number of phenols is 1. The van der Waals surface area contributed by atoms with Crippen LogP contribution in [0.25, 0.3) is 0 Å². The van der Waals surface area contributed by atoms with Gasteiger partial charge in [0.05, 0.1) is 0 Å². The van der Waals surface area contributed by atoms with Crippen molar-refractivity contribution in [2.75, 3.05) is 5.32 Å². The number of nitrogens with one attached hydrogen (secondary N) is 1. The number of aromatic hydroxyl groups is 1. The summed E-state index contributed by atoms with van der Waals surface area (Å²) < 4.78 is 12.6. The number of phenolic OH excluding ortho intramolecular Hbond substituents is 1. The molecule has 0 aliphatic heterocycles. The van der Waals surface area contributed by atoms with Crippen molar-refractivity contribution in [1.29, 1.82) is 0 Å². The molecule has 0 aromatic heterocycles. The SMILES string of the molecule is CC(C)Nc1ccc(F)c(O)c1. The lowest BCUT2D eigenvalue weighted by molar-refractivity contribution is 0.432. The van der Waals surface area contributed by atoms with E-state index in [0.29, 0.717) is 0 Å². The van der Waals surface area contributed by atoms with Crippen LogP contribution in [0.2, 0.25) is 0 Å². The van der Waals surface area contributed by atoms with Crippen LogP contribution in [0.1, 0.15) is 13.8 Å². The van der Waals surface area contributed by atoms with Gasteiger partial charge < -0.3 is 10.4 Å². The molecule has 0 unspecified atom stereocenters. The Balaban J connectivity index is 2.82. The molecule has 0 saturated heterocycles.